The van der Waals surface area contributed by atoms with Crippen LogP contribution in [-0.2, 0) is 5.41 Å². The standard InChI is InChI=1S/C18H22N4O/c1-5-11-19-17-20-12-10-15(22-17)16(23)21-14-8-6-13(7-9-14)18(2,3)4/h5-10,12H,1,11H2,2-4H3,(H,21,23)(H,19,20,22). The summed E-state index contributed by atoms with van der Waals surface area (Å²) in [7, 11) is 0. The fourth-order valence-electron chi connectivity index (χ4n) is 1.98. The van der Waals surface area contributed by atoms with Gasteiger partial charge in [-0.05, 0) is 29.2 Å². The van der Waals surface area contributed by atoms with E-state index < -0.39 is 0 Å². The van der Waals surface area contributed by atoms with Crippen molar-refractivity contribution in [3.63, 3.8) is 0 Å². The highest BCUT2D eigenvalue weighted by molar-refractivity contribution is 6.02. The maximum atomic E-state index is 12.3. The van der Waals surface area contributed by atoms with Crippen molar-refractivity contribution < 1.29 is 4.79 Å². The number of aromatic nitrogens is 2. The predicted molar refractivity (Wildman–Crippen MR) is 93.8 cm³/mol. The molecule has 0 atom stereocenters. The summed E-state index contributed by atoms with van der Waals surface area (Å²) in [4.78, 5) is 20.5. The number of anilines is 2. The zero-order valence-corrected chi connectivity index (χ0v) is 13.8. The summed E-state index contributed by atoms with van der Waals surface area (Å²) < 4.78 is 0. The molecule has 0 saturated carbocycles. The molecule has 1 amide bonds. The number of carbonyl (C=O) groups excluding carboxylic acids is 1. The second-order valence-electron chi connectivity index (χ2n) is 6.22. The van der Waals surface area contributed by atoms with E-state index in [-0.39, 0.29) is 11.3 Å². The van der Waals surface area contributed by atoms with E-state index in [0.717, 1.165) is 5.69 Å². The van der Waals surface area contributed by atoms with Crippen LogP contribution >= 0.6 is 0 Å². The molecule has 0 aliphatic heterocycles. The summed E-state index contributed by atoms with van der Waals surface area (Å²) in [5.41, 5.74) is 2.35. The third-order valence-corrected chi connectivity index (χ3v) is 3.30. The van der Waals surface area contributed by atoms with E-state index in [1.807, 2.05) is 24.3 Å². The van der Waals surface area contributed by atoms with Crippen molar-refractivity contribution in [2.75, 3.05) is 17.2 Å². The van der Waals surface area contributed by atoms with E-state index >= 15 is 0 Å². The van der Waals surface area contributed by atoms with Crippen LogP contribution in [0.3, 0.4) is 0 Å². The van der Waals surface area contributed by atoms with Crippen LogP contribution in [0, 0.1) is 0 Å². The van der Waals surface area contributed by atoms with Crippen LogP contribution in [-0.4, -0.2) is 22.4 Å². The summed E-state index contributed by atoms with van der Waals surface area (Å²) in [6.07, 6.45) is 3.25. The Morgan fingerprint density at radius 2 is 1.91 bits per heavy atom. The second-order valence-corrected chi connectivity index (χ2v) is 6.22. The maximum absolute atomic E-state index is 12.3. The molecule has 1 aromatic heterocycles. The molecule has 0 aliphatic carbocycles. The van der Waals surface area contributed by atoms with Gasteiger partial charge in [0.05, 0.1) is 0 Å². The van der Waals surface area contributed by atoms with Crippen LogP contribution in [0.25, 0.3) is 0 Å². The average Bonchev–Trinajstić information content (AvgIpc) is 2.53. The van der Waals surface area contributed by atoms with Gasteiger partial charge in [-0.25, -0.2) is 9.97 Å². The van der Waals surface area contributed by atoms with Gasteiger partial charge in [-0.1, -0.05) is 39.0 Å². The zero-order chi connectivity index (χ0) is 16.9. The maximum Gasteiger partial charge on any atom is 0.274 e. The van der Waals surface area contributed by atoms with Crippen LogP contribution < -0.4 is 10.6 Å². The monoisotopic (exact) mass is 310 g/mol. The van der Waals surface area contributed by atoms with Crippen LogP contribution in [0.4, 0.5) is 11.6 Å². The molecule has 5 heteroatoms. The van der Waals surface area contributed by atoms with E-state index in [9.17, 15) is 4.79 Å². The number of hydrogen-bond acceptors (Lipinski definition) is 4. The number of rotatable bonds is 5. The van der Waals surface area contributed by atoms with Gasteiger partial charge < -0.3 is 10.6 Å². The highest BCUT2D eigenvalue weighted by atomic mass is 16.1. The van der Waals surface area contributed by atoms with Crippen LogP contribution in [0.5, 0.6) is 0 Å². The van der Waals surface area contributed by atoms with E-state index in [1.165, 1.54) is 5.56 Å². The molecule has 0 bridgehead atoms. The number of amides is 1. The molecule has 2 rings (SSSR count). The Kier molecular flexibility index (Phi) is 5.11. The Labute approximate surface area is 136 Å². The molecule has 0 radical (unpaired) electrons. The number of nitrogens with zero attached hydrogens (tertiary/aromatic N) is 2. The Hall–Kier alpha value is -2.69. The number of carbonyl (C=O) groups is 1. The van der Waals surface area contributed by atoms with Gasteiger partial charge in [0.25, 0.3) is 5.91 Å². The van der Waals surface area contributed by atoms with E-state index in [1.54, 1.807) is 18.3 Å². The Morgan fingerprint density at radius 1 is 1.22 bits per heavy atom. The second kappa shape index (κ2) is 7.05. The molecular formula is C18H22N4O. The fourth-order valence-corrected chi connectivity index (χ4v) is 1.98. The minimum atomic E-state index is -0.266. The first kappa shape index (κ1) is 16.7. The molecule has 1 heterocycles. The molecule has 0 unspecified atom stereocenters. The van der Waals surface area contributed by atoms with Crippen LogP contribution in [0.1, 0.15) is 36.8 Å². The first-order chi connectivity index (χ1) is 10.9. The minimum Gasteiger partial charge on any atom is -0.351 e. The molecular weight excluding hydrogens is 288 g/mol. The lowest BCUT2D eigenvalue weighted by Gasteiger charge is -2.19. The van der Waals surface area contributed by atoms with E-state index in [4.69, 9.17) is 0 Å². The predicted octanol–water partition coefficient (Wildman–Crippen LogP) is 3.62. The summed E-state index contributed by atoms with van der Waals surface area (Å²) in [5.74, 6) is 0.137. The van der Waals surface area contributed by atoms with Gasteiger partial charge in [-0.2, -0.15) is 0 Å². The molecule has 0 fully saturated rings. The van der Waals surface area contributed by atoms with Crippen LogP contribution in [0.15, 0.2) is 49.2 Å². The van der Waals surface area contributed by atoms with E-state index in [2.05, 4.69) is 48.0 Å². The first-order valence-corrected chi connectivity index (χ1v) is 7.50. The van der Waals surface area contributed by atoms with Gasteiger partial charge in [0.15, 0.2) is 0 Å². The molecule has 2 aromatic rings. The summed E-state index contributed by atoms with van der Waals surface area (Å²) in [6.45, 7) is 10.6. The van der Waals surface area contributed by atoms with Gasteiger partial charge in [0.2, 0.25) is 5.95 Å². The molecule has 0 saturated heterocycles. The average molecular weight is 310 g/mol. The topological polar surface area (TPSA) is 66.9 Å². The fraction of sp³-hybridized carbons (Fsp3) is 0.278. The van der Waals surface area contributed by atoms with Crippen molar-refractivity contribution in [1.29, 1.82) is 0 Å². The largest absolute Gasteiger partial charge is 0.351 e. The Balaban J connectivity index is 2.08. The van der Waals surface area contributed by atoms with Crippen molar-refractivity contribution in [3.8, 4) is 0 Å². The summed E-state index contributed by atoms with van der Waals surface area (Å²) in [6, 6.07) is 9.42. The lowest BCUT2D eigenvalue weighted by Crippen LogP contribution is -2.16. The molecule has 5 nitrogen and oxygen atoms in total. The van der Waals surface area contributed by atoms with Crippen molar-refractivity contribution >= 4 is 17.5 Å². The van der Waals surface area contributed by atoms with Crippen LogP contribution in [0.2, 0.25) is 0 Å². The van der Waals surface area contributed by atoms with E-state index in [0.29, 0.717) is 18.2 Å². The number of benzene rings is 1. The van der Waals surface area contributed by atoms with Gasteiger partial charge >= 0.3 is 0 Å². The number of nitrogens with one attached hydrogen (secondary N) is 2. The molecule has 120 valence electrons. The van der Waals surface area contributed by atoms with Crippen molar-refractivity contribution in [2.45, 2.75) is 26.2 Å². The first-order valence-electron chi connectivity index (χ1n) is 7.50. The highest BCUT2D eigenvalue weighted by Gasteiger charge is 2.14. The zero-order valence-electron chi connectivity index (χ0n) is 13.8. The quantitative estimate of drug-likeness (QED) is 0.828. The number of hydrogen-bond donors (Lipinski definition) is 2. The SMILES string of the molecule is C=CCNc1nccc(C(=O)Nc2ccc(C(C)(C)C)cc2)n1. The minimum absolute atomic E-state index is 0.0842. The molecule has 1 aromatic carbocycles. The third kappa shape index (κ3) is 4.64. The lowest BCUT2D eigenvalue weighted by molar-refractivity contribution is 0.102. The lowest BCUT2D eigenvalue weighted by atomic mass is 9.87. The van der Waals surface area contributed by atoms with Gasteiger partial charge in [-0.15, -0.1) is 6.58 Å². The molecule has 23 heavy (non-hydrogen) atoms. The summed E-state index contributed by atoms with van der Waals surface area (Å²) >= 11 is 0. The third-order valence-electron chi connectivity index (χ3n) is 3.30. The molecule has 2 N–H and O–H groups in total. The summed E-state index contributed by atoms with van der Waals surface area (Å²) in [5, 5.41) is 5.80. The molecule has 0 aliphatic rings. The van der Waals surface area contributed by atoms with Gasteiger partial charge in [-0.3, -0.25) is 4.79 Å². The normalized spacial score (nSPS) is 10.9. The smallest absolute Gasteiger partial charge is 0.274 e. The highest BCUT2D eigenvalue weighted by Crippen LogP contribution is 2.23. The van der Waals surface area contributed by atoms with Crippen molar-refractivity contribution in [3.05, 3.63) is 60.4 Å². The Bertz CT molecular complexity index is 687. The van der Waals surface area contributed by atoms with Crippen molar-refractivity contribution in [1.82, 2.24) is 9.97 Å². The molecule has 0 spiro atoms. The van der Waals surface area contributed by atoms with Crippen molar-refractivity contribution in [2.24, 2.45) is 0 Å². The van der Waals surface area contributed by atoms with Gasteiger partial charge in [0.1, 0.15) is 5.69 Å². The Morgan fingerprint density at radius 3 is 2.52 bits per heavy atom. The van der Waals surface area contributed by atoms with Gasteiger partial charge in [0, 0.05) is 18.4 Å².